The lowest BCUT2D eigenvalue weighted by Crippen LogP contribution is -2.49. The summed E-state index contributed by atoms with van der Waals surface area (Å²) < 4.78 is 12.9. The van der Waals surface area contributed by atoms with Gasteiger partial charge >= 0.3 is 0 Å². The Morgan fingerprint density at radius 3 is 2.80 bits per heavy atom. The van der Waals surface area contributed by atoms with Gasteiger partial charge < -0.3 is 11.1 Å². The molecule has 1 aliphatic heterocycles. The highest BCUT2D eigenvalue weighted by Gasteiger charge is 2.28. The number of carbonyl (C=O) groups is 1. The van der Waals surface area contributed by atoms with E-state index in [4.69, 9.17) is 5.73 Å². The summed E-state index contributed by atoms with van der Waals surface area (Å²) in [5.74, 6) is -0.179. The number of amides is 1. The summed E-state index contributed by atoms with van der Waals surface area (Å²) in [5.41, 5.74) is 6.45. The minimum Gasteiger partial charge on any atom is -0.353 e. The summed E-state index contributed by atoms with van der Waals surface area (Å²) in [6.07, 6.45) is 3.04. The van der Waals surface area contributed by atoms with Crippen LogP contribution >= 0.6 is 0 Å². The molecule has 110 valence electrons. The maximum absolute atomic E-state index is 12.9. The molecule has 0 saturated carbocycles. The highest BCUT2D eigenvalue weighted by molar-refractivity contribution is 5.81. The fourth-order valence-corrected chi connectivity index (χ4v) is 2.61. The maximum atomic E-state index is 12.9. The number of nitrogens with zero attached hydrogens (tertiary/aromatic N) is 1. The molecule has 1 fully saturated rings. The van der Waals surface area contributed by atoms with Crippen LogP contribution in [0.5, 0.6) is 0 Å². The van der Waals surface area contributed by atoms with Gasteiger partial charge in [-0.15, -0.1) is 0 Å². The number of likely N-dealkylation sites (tertiary alicyclic amines) is 1. The van der Waals surface area contributed by atoms with Gasteiger partial charge in [0.2, 0.25) is 5.91 Å². The zero-order chi connectivity index (χ0) is 14.4. The summed E-state index contributed by atoms with van der Waals surface area (Å²) in [4.78, 5) is 14.3. The van der Waals surface area contributed by atoms with Gasteiger partial charge in [-0.3, -0.25) is 9.69 Å². The second-order valence-corrected chi connectivity index (χ2v) is 5.19. The van der Waals surface area contributed by atoms with Gasteiger partial charge in [0.25, 0.3) is 0 Å². The zero-order valence-corrected chi connectivity index (χ0v) is 11.6. The van der Waals surface area contributed by atoms with Crippen molar-refractivity contribution in [3.05, 3.63) is 35.6 Å². The van der Waals surface area contributed by atoms with Gasteiger partial charge in [0.05, 0.1) is 6.04 Å². The largest absolute Gasteiger partial charge is 0.353 e. The average molecular weight is 279 g/mol. The Hall–Kier alpha value is -1.46. The van der Waals surface area contributed by atoms with Crippen LogP contribution in [0.2, 0.25) is 0 Å². The number of piperidine rings is 1. The predicted molar refractivity (Wildman–Crippen MR) is 76.5 cm³/mol. The molecule has 1 unspecified atom stereocenters. The molecule has 0 aromatic heterocycles. The lowest BCUT2D eigenvalue weighted by atomic mass is 10.0. The number of nitrogens with two attached hydrogens (primary N) is 1. The van der Waals surface area contributed by atoms with Crippen molar-refractivity contribution in [1.82, 2.24) is 10.2 Å². The van der Waals surface area contributed by atoms with Crippen LogP contribution in [0.25, 0.3) is 0 Å². The number of rotatable bonds is 5. The number of halogens is 1. The van der Waals surface area contributed by atoms with Gasteiger partial charge in [-0.2, -0.15) is 0 Å². The third kappa shape index (κ3) is 4.02. The van der Waals surface area contributed by atoms with E-state index in [0.717, 1.165) is 31.4 Å². The fourth-order valence-electron chi connectivity index (χ4n) is 2.61. The standard InChI is InChI=1S/C15H22FN3O/c16-13-6-4-12(5-7-13)11-19-10-2-1-3-14(19)15(20)18-9-8-17/h4-7,14H,1-3,8-11,17H2,(H,18,20). The van der Waals surface area contributed by atoms with Crippen LogP contribution in [0.1, 0.15) is 24.8 Å². The quantitative estimate of drug-likeness (QED) is 0.853. The number of hydrogen-bond acceptors (Lipinski definition) is 3. The Labute approximate surface area is 119 Å². The molecular formula is C15H22FN3O. The lowest BCUT2D eigenvalue weighted by Gasteiger charge is -2.34. The Balaban J connectivity index is 1.99. The van der Waals surface area contributed by atoms with Gasteiger partial charge in [0.1, 0.15) is 5.82 Å². The van der Waals surface area contributed by atoms with Crippen LogP contribution < -0.4 is 11.1 Å². The topological polar surface area (TPSA) is 58.4 Å². The van der Waals surface area contributed by atoms with E-state index >= 15 is 0 Å². The minimum atomic E-state index is -0.232. The smallest absolute Gasteiger partial charge is 0.237 e. The van der Waals surface area contributed by atoms with E-state index in [-0.39, 0.29) is 17.8 Å². The molecule has 3 N–H and O–H groups in total. The third-order valence-electron chi connectivity index (χ3n) is 3.66. The zero-order valence-electron chi connectivity index (χ0n) is 11.6. The van der Waals surface area contributed by atoms with Crippen molar-refractivity contribution in [1.29, 1.82) is 0 Å². The van der Waals surface area contributed by atoms with Gasteiger partial charge in [-0.05, 0) is 37.1 Å². The Morgan fingerprint density at radius 2 is 2.10 bits per heavy atom. The molecule has 0 spiro atoms. The van der Waals surface area contributed by atoms with Crippen LogP contribution in [0.3, 0.4) is 0 Å². The molecule has 1 atom stereocenters. The average Bonchev–Trinajstić information content (AvgIpc) is 2.48. The monoisotopic (exact) mass is 279 g/mol. The molecule has 4 nitrogen and oxygen atoms in total. The normalized spacial score (nSPS) is 19.8. The van der Waals surface area contributed by atoms with Crippen LogP contribution in [-0.4, -0.2) is 36.5 Å². The number of nitrogens with one attached hydrogen (secondary N) is 1. The predicted octanol–water partition coefficient (Wildman–Crippen LogP) is 1.26. The van der Waals surface area contributed by atoms with Gasteiger partial charge in [0, 0.05) is 19.6 Å². The first-order valence-electron chi connectivity index (χ1n) is 7.17. The molecule has 1 aromatic rings. The summed E-state index contributed by atoms with van der Waals surface area (Å²) in [6, 6.07) is 6.38. The van der Waals surface area contributed by atoms with Crippen molar-refractivity contribution in [3.8, 4) is 0 Å². The first-order valence-corrected chi connectivity index (χ1v) is 7.17. The molecule has 5 heteroatoms. The van der Waals surface area contributed by atoms with Crippen molar-refractivity contribution in [2.75, 3.05) is 19.6 Å². The first kappa shape index (κ1) is 14.9. The van der Waals surface area contributed by atoms with Crippen molar-refractivity contribution < 1.29 is 9.18 Å². The molecule has 0 radical (unpaired) electrons. The van der Waals surface area contributed by atoms with E-state index in [1.165, 1.54) is 12.1 Å². The second kappa shape index (κ2) is 7.36. The van der Waals surface area contributed by atoms with E-state index in [2.05, 4.69) is 10.2 Å². The van der Waals surface area contributed by atoms with E-state index in [9.17, 15) is 9.18 Å². The molecule has 1 heterocycles. The van der Waals surface area contributed by atoms with E-state index in [1.54, 1.807) is 12.1 Å². The molecule has 1 amide bonds. The van der Waals surface area contributed by atoms with Crippen molar-refractivity contribution in [2.45, 2.75) is 31.8 Å². The second-order valence-electron chi connectivity index (χ2n) is 5.19. The van der Waals surface area contributed by atoms with Crippen LogP contribution in [-0.2, 0) is 11.3 Å². The molecular weight excluding hydrogens is 257 g/mol. The molecule has 20 heavy (non-hydrogen) atoms. The van der Waals surface area contributed by atoms with Gasteiger partial charge in [0.15, 0.2) is 0 Å². The fraction of sp³-hybridized carbons (Fsp3) is 0.533. The first-order chi connectivity index (χ1) is 9.70. The maximum Gasteiger partial charge on any atom is 0.237 e. The molecule has 1 aliphatic rings. The molecule has 1 aromatic carbocycles. The SMILES string of the molecule is NCCNC(=O)C1CCCCN1Cc1ccc(F)cc1. The summed E-state index contributed by atoms with van der Waals surface area (Å²) in [5, 5.41) is 2.86. The van der Waals surface area contributed by atoms with Crippen molar-refractivity contribution in [3.63, 3.8) is 0 Å². The third-order valence-corrected chi connectivity index (χ3v) is 3.66. The van der Waals surface area contributed by atoms with Gasteiger partial charge in [-0.1, -0.05) is 18.6 Å². The molecule has 0 bridgehead atoms. The summed E-state index contributed by atoms with van der Waals surface area (Å²) >= 11 is 0. The highest BCUT2D eigenvalue weighted by atomic mass is 19.1. The van der Waals surface area contributed by atoms with Crippen molar-refractivity contribution in [2.24, 2.45) is 5.73 Å². The van der Waals surface area contributed by atoms with Crippen LogP contribution in [0, 0.1) is 5.82 Å². The Kier molecular flexibility index (Phi) is 5.49. The van der Waals surface area contributed by atoms with Crippen LogP contribution in [0.15, 0.2) is 24.3 Å². The Bertz CT molecular complexity index is 435. The Morgan fingerprint density at radius 1 is 1.35 bits per heavy atom. The summed E-state index contributed by atoms with van der Waals surface area (Å²) in [7, 11) is 0. The summed E-state index contributed by atoms with van der Waals surface area (Å²) in [6.45, 7) is 2.55. The minimum absolute atomic E-state index is 0.0530. The number of carbonyl (C=O) groups excluding carboxylic acids is 1. The van der Waals surface area contributed by atoms with E-state index in [0.29, 0.717) is 19.6 Å². The molecule has 1 saturated heterocycles. The van der Waals surface area contributed by atoms with E-state index in [1.807, 2.05) is 0 Å². The van der Waals surface area contributed by atoms with Gasteiger partial charge in [-0.25, -0.2) is 4.39 Å². The van der Waals surface area contributed by atoms with Crippen LogP contribution in [0.4, 0.5) is 4.39 Å². The van der Waals surface area contributed by atoms with Crippen molar-refractivity contribution >= 4 is 5.91 Å². The molecule has 2 rings (SSSR count). The highest BCUT2D eigenvalue weighted by Crippen LogP contribution is 2.20. The lowest BCUT2D eigenvalue weighted by molar-refractivity contribution is -0.127. The van der Waals surface area contributed by atoms with E-state index < -0.39 is 0 Å². The number of hydrogen-bond donors (Lipinski definition) is 2. The number of benzene rings is 1. The molecule has 0 aliphatic carbocycles.